The summed E-state index contributed by atoms with van der Waals surface area (Å²) < 4.78 is 6.27. The predicted octanol–water partition coefficient (Wildman–Crippen LogP) is 1.19. The molecule has 1 aromatic carbocycles. The van der Waals surface area contributed by atoms with Crippen molar-refractivity contribution in [3.05, 3.63) is 30.1 Å². The molecule has 0 fully saturated rings. The van der Waals surface area contributed by atoms with Crippen molar-refractivity contribution in [1.29, 1.82) is 0 Å². The molecule has 0 aliphatic heterocycles. The van der Waals surface area contributed by atoms with E-state index in [0.29, 0.717) is 5.82 Å². The van der Waals surface area contributed by atoms with Crippen LogP contribution in [0.15, 0.2) is 24.3 Å². The molecular formula is C11H11N3O3. The second kappa shape index (κ2) is 4.25. The zero-order valence-corrected chi connectivity index (χ0v) is 9.41. The molecule has 0 bridgehead atoms. The minimum absolute atomic E-state index is 0.0872. The van der Waals surface area contributed by atoms with E-state index in [9.17, 15) is 4.79 Å². The third-order valence-electron chi connectivity index (χ3n) is 2.30. The summed E-state index contributed by atoms with van der Waals surface area (Å²) in [5, 5.41) is 12.9. The number of rotatable bonds is 3. The SMILES string of the molecule is COc1ccc(-c2nc(C(=O)O)n(C)n2)cc1. The number of benzene rings is 1. The van der Waals surface area contributed by atoms with Crippen molar-refractivity contribution in [3.8, 4) is 17.1 Å². The number of aryl methyl sites for hydroxylation is 1. The number of hydrogen-bond donors (Lipinski definition) is 1. The van der Waals surface area contributed by atoms with Gasteiger partial charge in [-0.05, 0) is 24.3 Å². The van der Waals surface area contributed by atoms with Gasteiger partial charge >= 0.3 is 5.97 Å². The molecule has 0 atom stereocenters. The summed E-state index contributed by atoms with van der Waals surface area (Å²) in [7, 11) is 3.13. The van der Waals surface area contributed by atoms with E-state index in [2.05, 4.69) is 10.1 Å². The first-order valence-electron chi connectivity index (χ1n) is 4.90. The number of aromatic nitrogens is 3. The van der Waals surface area contributed by atoms with Gasteiger partial charge in [-0.3, -0.25) is 0 Å². The lowest BCUT2D eigenvalue weighted by Crippen LogP contribution is -2.06. The minimum Gasteiger partial charge on any atom is -0.497 e. The van der Waals surface area contributed by atoms with Crippen molar-refractivity contribution in [3.63, 3.8) is 0 Å². The molecule has 2 rings (SSSR count). The molecule has 0 saturated heterocycles. The fourth-order valence-electron chi connectivity index (χ4n) is 1.43. The Morgan fingerprint density at radius 3 is 2.47 bits per heavy atom. The van der Waals surface area contributed by atoms with Crippen LogP contribution >= 0.6 is 0 Å². The Morgan fingerprint density at radius 1 is 1.35 bits per heavy atom. The summed E-state index contributed by atoms with van der Waals surface area (Å²) in [5.41, 5.74) is 0.744. The summed E-state index contributed by atoms with van der Waals surface area (Å²) in [6.45, 7) is 0. The number of carboxylic acid groups (broad SMARTS) is 1. The topological polar surface area (TPSA) is 77.2 Å². The average Bonchev–Trinajstić information content (AvgIpc) is 2.71. The number of aromatic carboxylic acids is 1. The molecule has 17 heavy (non-hydrogen) atoms. The smallest absolute Gasteiger partial charge is 0.373 e. The molecule has 0 amide bonds. The van der Waals surface area contributed by atoms with E-state index in [1.54, 1.807) is 38.4 Å². The van der Waals surface area contributed by atoms with Gasteiger partial charge in [-0.15, -0.1) is 0 Å². The van der Waals surface area contributed by atoms with E-state index in [-0.39, 0.29) is 5.82 Å². The van der Waals surface area contributed by atoms with Gasteiger partial charge in [0.2, 0.25) is 5.82 Å². The molecule has 1 heterocycles. The van der Waals surface area contributed by atoms with E-state index in [0.717, 1.165) is 11.3 Å². The highest BCUT2D eigenvalue weighted by Crippen LogP contribution is 2.19. The van der Waals surface area contributed by atoms with Crippen LogP contribution in [0.4, 0.5) is 0 Å². The maximum absolute atomic E-state index is 10.8. The maximum atomic E-state index is 10.8. The monoisotopic (exact) mass is 233 g/mol. The molecule has 0 radical (unpaired) electrons. The summed E-state index contributed by atoms with van der Waals surface area (Å²) in [4.78, 5) is 14.8. The van der Waals surface area contributed by atoms with Gasteiger partial charge in [0, 0.05) is 12.6 Å². The lowest BCUT2D eigenvalue weighted by Gasteiger charge is -1.99. The molecule has 2 aromatic rings. The molecule has 1 N–H and O–H groups in total. The predicted molar refractivity (Wildman–Crippen MR) is 60.0 cm³/mol. The van der Waals surface area contributed by atoms with Crippen LogP contribution in [-0.2, 0) is 7.05 Å². The van der Waals surface area contributed by atoms with E-state index >= 15 is 0 Å². The average molecular weight is 233 g/mol. The van der Waals surface area contributed by atoms with Crippen LogP contribution in [0.2, 0.25) is 0 Å². The molecule has 1 aromatic heterocycles. The number of carbonyl (C=O) groups is 1. The molecule has 6 heteroatoms. The number of ether oxygens (including phenoxy) is 1. The van der Waals surface area contributed by atoms with Crippen molar-refractivity contribution in [1.82, 2.24) is 14.8 Å². The first-order chi connectivity index (χ1) is 8.11. The first-order valence-corrected chi connectivity index (χ1v) is 4.90. The molecule has 0 aliphatic rings. The molecule has 0 unspecified atom stereocenters. The number of carboxylic acids is 1. The fraction of sp³-hybridized carbons (Fsp3) is 0.182. The quantitative estimate of drug-likeness (QED) is 0.861. The molecule has 88 valence electrons. The summed E-state index contributed by atoms with van der Waals surface area (Å²) in [6.07, 6.45) is 0. The van der Waals surface area contributed by atoms with Crippen LogP contribution in [0.3, 0.4) is 0 Å². The lowest BCUT2D eigenvalue weighted by molar-refractivity contribution is 0.0678. The Labute approximate surface area is 97.5 Å². The molecule has 0 aliphatic carbocycles. The summed E-state index contributed by atoms with van der Waals surface area (Å²) >= 11 is 0. The molecule has 0 spiro atoms. The van der Waals surface area contributed by atoms with Gasteiger partial charge in [0.1, 0.15) is 5.75 Å². The van der Waals surface area contributed by atoms with Crippen molar-refractivity contribution in [2.24, 2.45) is 7.05 Å². The van der Waals surface area contributed by atoms with Crippen molar-refractivity contribution < 1.29 is 14.6 Å². The van der Waals surface area contributed by atoms with Crippen LogP contribution in [0.5, 0.6) is 5.75 Å². The fourth-order valence-corrected chi connectivity index (χ4v) is 1.43. The Morgan fingerprint density at radius 2 is 2.00 bits per heavy atom. The highest BCUT2D eigenvalue weighted by atomic mass is 16.5. The van der Waals surface area contributed by atoms with Crippen LogP contribution in [0, 0.1) is 0 Å². The lowest BCUT2D eigenvalue weighted by atomic mass is 10.2. The van der Waals surface area contributed by atoms with Gasteiger partial charge in [-0.2, -0.15) is 5.10 Å². The second-order valence-electron chi connectivity index (χ2n) is 3.42. The summed E-state index contributed by atoms with van der Waals surface area (Å²) in [6, 6.07) is 7.10. The van der Waals surface area contributed by atoms with Gasteiger partial charge in [0.15, 0.2) is 5.82 Å². The van der Waals surface area contributed by atoms with Crippen molar-refractivity contribution >= 4 is 5.97 Å². The zero-order chi connectivity index (χ0) is 12.4. The highest BCUT2D eigenvalue weighted by Gasteiger charge is 2.14. The van der Waals surface area contributed by atoms with Crippen molar-refractivity contribution in [2.45, 2.75) is 0 Å². The number of hydrogen-bond acceptors (Lipinski definition) is 4. The number of methoxy groups -OCH3 is 1. The minimum atomic E-state index is -1.10. The second-order valence-corrected chi connectivity index (χ2v) is 3.42. The van der Waals surface area contributed by atoms with Gasteiger partial charge in [0.25, 0.3) is 0 Å². The van der Waals surface area contributed by atoms with E-state index in [1.165, 1.54) is 4.68 Å². The van der Waals surface area contributed by atoms with E-state index < -0.39 is 5.97 Å². The Kier molecular flexibility index (Phi) is 2.78. The van der Waals surface area contributed by atoms with E-state index in [1.807, 2.05) is 0 Å². The van der Waals surface area contributed by atoms with Crippen LogP contribution in [0.1, 0.15) is 10.6 Å². The highest BCUT2D eigenvalue weighted by molar-refractivity contribution is 5.84. The number of nitrogens with zero attached hydrogens (tertiary/aromatic N) is 3. The third kappa shape index (κ3) is 2.10. The van der Waals surface area contributed by atoms with Gasteiger partial charge in [-0.25, -0.2) is 14.5 Å². The Balaban J connectivity index is 2.39. The molecule has 6 nitrogen and oxygen atoms in total. The Bertz CT molecular complexity index is 546. The summed E-state index contributed by atoms with van der Waals surface area (Å²) in [5.74, 6) is -0.0775. The standard InChI is InChI=1S/C11H11N3O3/c1-14-10(11(15)16)12-9(13-14)7-3-5-8(17-2)6-4-7/h3-6H,1-2H3,(H,15,16). The first kappa shape index (κ1) is 11.1. The maximum Gasteiger partial charge on any atom is 0.373 e. The zero-order valence-electron chi connectivity index (χ0n) is 9.41. The van der Waals surface area contributed by atoms with E-state index in [4.69, 9.17) is 9.84 Å². The van der Waals surface area contributed by atoms with Crippen molar-refractivity contribution in [2.75, 3.05) is 7.11 Å². The van der Waals surface area contributed by atoms with Crippen LogP contribution < -0.4 is 4.74 Å². The largest absolute Gasteiger partial charge is 0.497 e. The third-order valence-corrected chi connectivity index (χ3v) is 2.30. The Hall–Kier alpha value is -2.37. The van der Waals surface area contributed by atoms with Gasteiger partial charge < -0.3 is 9.84 Å². The van der Waals surface area contributed by atoms with Crippen LogP contribution in [0.25, 0.3) is 11.4 Å². The van der Waals surface area contributed by atoms with Gasteiger partial charge in [0.05, 0.1) is 7.11 Å². The molecular weight excluding hydrogens is 222 g/mol. The molecule has 0 saturated carbocycles. The van der Waals surface area contributed by atoms with Gasteiger partial charge in [-0.1, -0.05) is 0 Å². The normalized spacial score (nSPS) is 10.2. The van der Waals surface area contributed by atoms with Crippen LogP contribution in [-0.4, -0.2) is 33.0 Å².